The lowest BCUT2D eigenvalue weighted by Gasteiger charge is -2.31. The molecule has 2 aliphatic heterocycles. The molecule has 8 heteroatoms. The van der Waals surface area contributed by atoms with Gasteiger partial charge in [-0.3, -0.25) is 9.59 Å². The zero-order valence-electron chi connectivity index (χ0n) is 18.2. The van der Waals surface area contributed by atoms with Crippen molar-refractivity contribution in [2.45, 2.75) is 50.7 Å². The van der Waals surface area contributed by atoms with Gasteiger partial charge in [0.25, 0.3) is 11.7 Å². The lowest BCUT2D eigenvalue weighted by atomic mass is 9.94. The lowest BCUT2D eigenvalue weighted by molar-refractivity contribution is -0.121. The number of nitrogens with one attached hydrogen (secondary N) is 1. The summed E-state index contributed by atoms with van der Waals surface area (Å²) < 4.78 is 39.3. The summed E-state index contributed by atoms with van der Waals surface area (Å²) in [5.41, 5.74) is 0.484. The summed E-state index contributed by atoms with van der Waals surface area (Å²) in [7, 11) is 0. The summed E-state index contributed by atoms with van der Waals surface area (Å²) in [5.74, 6) is -1.69. The summed E-state index contributed by atoms with van der Waals surface area (Å²) in [6, 6.07) is 8.35. The molecule has 2 heterocycles. The number of anilines is 1. The normalized spacial score (nSPS) is 19.5. The van der Waals surface area contributed by atoms with Gasteiger partial charge in [0.1, 0.15) is 11.6 Å². The Bertz CT molecular complexity index is 1080. The van der Waals surface area contributed by atoms with Crippen LogP contribution >= 0.6 is 0 Å². The quantitative estimate of drug-likeness (QED) is 0.714. The first-order chi connectivity index (χ1) is 15.9. The van der Waals surface area contributed by atoms with Crippen molar-refractivity contribution >= 4 is 17.5 Å². The highest BCUT2D eigenvalue weighted by Crippen LogP contribution is 2.46. The molecule has 1 spiro atoms. The molecular formula is C25H26F2N2O4. The van der Waals surface area contributed by atoms with Gasteiger partial charge in [0, 0.05) is 49.7 Å². The second-order valence-electron chi connectivity index (χ2n) is 9.02. The number of fused-ring (bicyclic) bond motifs is 1. The van der Waals surface area contributed by atoms with Crippen LogP contribution in [0.5, 0.6) is 11.5 Å². The van der Waals surface area contributed by atoms with E-state index in [2.05, 4.69) is 5.32 Å². The monoisotopic (exact) mass is 456 g/mol. The van der Waals surface area contributed by atoms with Gasteiger partial charge in [-0.15, -0.1) is 0 Å². The first kappa shape index (κ1) is 21.7. The van der Waals surface area contributed by atoms with Gasteiger partial charge in [-0.2, -0.15) is 0 Å². The van der Waals surface area contributed by atoms with Crippen LogP contribution < -0.4 is 14.8 Å². The van der Waals surface area contributed by atoms with Gasteiger partial charge >= 0.3 is 0 Å². The van der Waals surface area contributed by atoms with Gasteiger partial charge in [-0.1, -0.05) is 6.42 Å². The van der Waals surface area contributed by atoms with Crippen LogP contribution in [0.2, 0.25) is 0 Å². The minimum Gasteiger partial charge on any atom is -0.448 e. The Labute approximate surface area is 190 Å². The molecule has 1 N–H and O–H groups in total. The minimum atomic E-state index is -0.877. The van der Waals surface area contributed by atoms with Crippen LogP contribution in [0.15, 0.2) is 36.4 Å². The van der Waals surface area contributed by atoms with Crippen LogP contribution in [-0.2, 0) is 4.79 Å². The van der Waals surface area contributed by atoms with Crippen LogP contribution in [0.25, 0.3) is 0 Å². The number of nitrogens with zero attached hydrogens (tertiary/aromatic N) is 1. The van der Waals surface area contributed by atoms with Crippen LogP contribution in [0.1, 0.15) is 55.3 Å². The second-order valence-corrected chi connectivity index (χ2v) is 9.02. The van der Waals surface area contributed by atoms with E-state index in [1.54, 1.807) is 12.1 Å². The molecular weight excluding hydrogens is 430 g/mol. The Balaban J connectivity index is 1.17. The average molecular weight is 456 g/mol. The molecule has 0 atom stereocenters. The van der Waals surface area contributed by atoms with E-state index in [4.69, 9.17) is 9.47 Å². The SMILES string of the molecule is O=C(Nc1ccc2c(c1)OC1(CCCCC1)O2)C1CCN(C(=O)c2ccc(F)cc2F)CC1. The van der Waals surface area contributed by atoms with E-state index in [0.717, 1.165) is 37.8 Å². The number of ether oxygens (including phenoxy) is 2. The number of hydrogen-bond acceptors (Lipinski definition) is 4. The van der Waals surface area contributed by atoms with E-state index in [9.17, 15) is 18.4 Å². The summed E-state index contributed by atoms with van der Waals surface area (Å²) in [6.07, 6.45) is 6.00. The highest BCUT2D eigenvalue weighted by Gasteiger charge is 2.42. The molecule has 5 rings (SSSR count). The Hall–Kier alpha value is -3.16. The molecule has 0 unspecified atom stereocenters. The standard InChI is InChI=1S/C25H26F2N2O4/c26-17-4-6-19(20(27)14-17)24(31)29-12-8-16(9-13-29)23(30)28-18-5-7-21-22(15-18)33-25(32-21)10-2-1-3-11-25/h4-7,14-16H,1-3,8-13H2,(H,28,30). The molecule has 2 aromatic rings. The smallest absolute Gasteiger partial charge is 0.256 e. The van der Waals surface area contributed by atoms with Crippen molar-refractivity contribution < 1.29 is 27.8 Å². The van der Waals surface area contributed by atoms with E-state index in [-0.39, 0.29) is 17.4 Å². The molecule has 0 radical (unpaired) electrons. The predicted molar refractivity (Wildman–Crippen MR) is 117 cm³/mol. The first-order valence-electron chi connectivity index (χ1n) is 11.5. The summed E-state index contributed by atoms with van der Waals surface area (Å²) in [5, 5.41) is 2.94. The molecule has 1 saturated heterocycles. The maximum Gasteiger partial charge on any atom is 0.256 e. The van der Waals surface area contributed by atoms with Gasteiger partial charge in [-0.05, 0) is 49.9 Å². The first-order valence-corrected chi connectivity index (χ1v) is 11.5. The maximum absolute atomic E-state index is 13.9. The second kappa shape index (κ2) is 8.65. The van der Waals surface area contributed by atoms with E-state index < -0.39 is 23.3 Å². The third kappa shape index (κ3) is 4.38. The Morgan fingerprint density at radius 1 is 0.939 bits per heavy atom. The predicted octanol–water partition coefficient (Wildman–Crippen LogP) is 4.89. The van der Waals surface area contributed by atoms with Crippen molar-refractivity contribution in [3.63, 3.8) is 0 Å². The molecule has 1 aliphatic carbocycles. The number of carbonyl (C=O) groups is 2. The van der Waals surface area contributed by atoms with Crippen molar-refractivity contribution in [1.82, 2.24) is 4.90 Å². The van der Waals surface area contributed by atoms with Crippen molar-refractivity contribution in [2.24, 2.45) is 5.92 Å². The Morgan fingerprint density at radius 3 is 2.39 bits per heavy atom. The molecule has 174 valence electrons. The fraction of sp³-hybridized carbons (Fsp3) is 0.440. The molecule has 2 fully saturated rings. The van der Waals surface area contributed by atoms with Gasteiger partial charge in [-0.25, -0.2) is 8.78 Å². The molecule has 2 amide bonds. The van der Waals surface area contributed by atoms with Gasteiger partial charge in [0.15, 0.2) is 11.5 Å². The zero-order chi connectivity index (χ0) is 23.0. The van der Waals surface area contributed by atoms with E-state index >= 15 is 0 Å². The Morgan fingerprint density at radius 2 is 1.67 bits per heavy atom. The number of rotatable bonds is 3. The van der Waals surface area contributed by atoms with Crippen LogP contribution in [-0.4, -0.2) is 35.6 Å². The molecule has 0 bridgehead atoms. The average Bonchev–Trinajstić information content (AvgIpc) is 3.15. The van der Waals surface area contributed by atoms with Crippen LogP contribution in [0.4, 0.5) is 14.5 Å². The Kier molecular flexibility index (Phi) is 5.68. The largest absolute Gasteiger partial charge is 0.448 e. The lowest BCUT2D eigenvalue weighted by Crippen LogP contribution is -2.41. The molecule has 0 aromatic heterocycles. The van der Waals surface area contributed by atoms with Crippen molar-refractivity contribution in [3.05, 3.63) is 53.6 Å². The fourth-order valence-electron chi connectivity index (χ4n) is 4.89. The van der Waals surface area contributed by atoms with Gasteiger partial charge in [0.2, 0.25) is 5.91 Å². The van der Waals surface area contributed by atoms with Gasteiger partial charge < -0.3 is 19.7 Å². The van der Waals surface area contributed by atoms with Crippen LogP contribution in [0, 0.1) is 17.6 Å². The van der Waals surface area contributed by atoms with Crippen LogP contribution in [0.3, 0.4) is 0 Å². The van der Waals surface area contributed by atoms with Gasteiger partial charge in [0.05, 0.1) is 5.56 Å². The number of benzene rings is 2. The number of hydrogen-bond donors (Lipinski definition) is 1. The highest BCUT2D eigenvalue weighted by atomic mass is 19.1. The summed E-state index contributed by atoms with van der Waals surface area (Å²) in [6.45, 7) is 0.661. The number of halogens is 2. The van der Waals surface area contributed by atoms with Crippen molar-refractivity contribution in [1.29, 1.82) is 0 Å². The maximum atomic E-state index is 13.9. The zero-order valence-corrected chi connectivity index (χ0v) is 18.2. The van der Waals surface area contributed by atoms with E-state index in [1.165, 1.54) is 11.3 Å². The number of amides is 2. The third-order valence-corrected chi connectivity index (χ3v) is 6.73. The number of piperidine rings is 1. The number of likely N-dealkylation sites (tertiary alicyclic amines) is 1. The van der Waals surface area contributed by atoms with E-state index in [1.807, 2.05) is 6.07 Å². The summed E-state index contributed by atoms with van der Waals surface area (Å²) >= 11 is 0. The molecule has 2 aromatic carbocycles. The number of carbonyl (C=O) groups excluding carboxylic acids is 2. The third-order valence-electron chi connectivity index (χ3n) is 6.73. The van der Waals surface area contributed by atoms with E-state index in [0.29, 0.717) is 49.2 Å². The molecule has 3 aliphatic rings. The molecule has 6 nitrogen and oxygen atoms in total. The minimum absolute atomic E-state index is 0.124. The highest BCUT2D eigenvalue weighted by molar-refractivity contribution is 5.95. The fourth-order valence-corrected chi connectivity index (χ4v) is 4.89. The summed E-state index contributed by atoms with van der Waals surface area (Å²) in [4.78, 5) is 26.9. The van der Waals surface area contributed by atoms with Crippen molar-refractivity contribution in [3.8, 4) is 11.5 Å². The molecule has 1 saturated carbocycles. The van der Waals surface area contributed by atoms with Crippen molar-refractivity contribution in [2.75, 3.05) is 18.4 Å². The molecule has 33 heavy (non-hydrogen) atoms. The topological polar surface area (TPSA) is 67.9 Å².